The van der Waals surface area contributed by atoms with Crippen LogP contribution in [0.5, 0.6) is 6.01 Å². The van der Waals surface area contributed by atoms with Gasteiger partial charge in [-0.1, -0.05) is 18.2 Å². The summed E-state index contributed by atoms with van der Waals surface area (Å²) in [7, 11) is 0. The lowest BCUT2D eigenvalue weighted by molar-refractivity contribution is -0.389. The molecule has 98 valence electrons. The summed E-state index contributed by atoms with van der Waals surface area (Å²) in [6.07, 6.45) is 1.43. The average Bonchev–Trinajstić information content (AvgIpc) is 2.95. The van der Waals surface area contributed by atoms with E-state index in [1.54, 1.807) is 16.3 Å². The minimum atomic E-state index is -0.512. The molecule has 0 bridgehead atoms. The van der Waals surface area contributed by atoms with Crippen LogP contribution in [-0.4, -0.2) is 26.3 Å². The Bertz CT molecular complexity index is 576. The van der Waals surface area contributed by atoms with Crippen molar-refractivity contribution < 1.29 is 9.66 Å². The standard InChI is InChI=1S/C12H11N3O3S/c16-15(17)11-7-14-6-9(18-12(14)13-11)8-19-10-4-2-1-3-5-10/h1-5,7,9H,6,8H2. The average molecular weight is 277 g/mol. The van der Waals surface area contributed by atoms with Gasteiger partial charge in [0.05, 0.1) is 6.54 Å². The SMILES string of the molecule is O=[N+]([O-])c1cn2c(n1)OC(CSc1ccccc1)C2. The topological polar surface area (TPSA) is 70.2 Å². The molecule has 2 aromatic rings. The third-order valence-electron chi connectivity index (χ3n) is 2.77. The number of rotatable bonds is 4. The van der Waals surface area contributed by atoms with E-state index in [-0.39, 0.29) is 11.9 Å². The molecule has 1 aromatic heterocycles. The quantitative estimate of drug-likeness (QED) is 0.487. The van der Waals surface area contributed by atoms with Gasteiger partial charge in [0.15, 0.2) is 0 Å². The van der Waals surface area contributed by atoms with Crippen molar-refractivity contribution in [2.45, 2.75) is 17.5 Å². The van der Waals surface area contributed by atoms with Crippen LogP contribution in [0.1, 0.15) is 0 Å². The second kappa shape index (κ2) is 4.93. The molecule has 0 N–H and O–H groups in total. The Hall–Kier alpha value is -2.02. The zero-order valence-electron chi connectivity index (χ0n) is 9.93. The molecule has 1 aliphatic heterocycles. The van der Waals surface area contributed by atoms with E-state index in [9.17, 15) is 10.1 Å². The summed E-state index contributed by atoms with van der Waals surface area (Å²) in [5.74, 6) is 0.630. The Kier molecular flexibility index (Phi) is 3.12. The van der Waals surface area contributed by atoms with Gasteiger partial charge in [-0.05, 0) is 17.1 Å². The number of hydrogen-bond donors (Lipinski definition) is 0. The molecular formula is C12H11N3O3S. The highest BCUT2D eigenvalue weighted by molar-refractivity contribution is 7.99. The Balaban J connectivity index is 1.59. The first kappa shape index (κ1) is 12.0. The number of hydrogen-bond acceptors (Lipinski definition) is 5. The highest BCUT2D eigenvalue weighted by Crippen LogP contribution is 2.28. The minimum absolute atomic E-state index is 0.00788. The first-order valence-corrected chi connectivity index (χ1v) is 6.77. The molecule has 0 amide bonds. The number of aromatic nitrogens is 2. The first-order chi connectivity index (χ1) is 9.22. The molecule has 0 saturated heterocycles. The Labute approximate surface area is 113 Å². The molecule has 0 fully saturated rings. The number of benzene rings is 1. The predicted octanol–water partition coefficient (Wildman–Crippen LogP) is 2.34. The largest absolute Gasteiger partial charge is 0.440 e. The van der Waals surface area contributed by atoms with Gasteiger partial charge in [0.2, 0.25) is 0 Å². The van der Waals surface area contributed by atoms with E-state index in [0.29, 0.717) is 12.6 Å². The molecule has 0 saturated carbocycles. The first-order valence-electron chi connectivity index (χ1n) is 5.78. The number of nitro groups is 1. The van der Waals surface area contributed by atoms with Gasteiger partial charge >= 0.3 is 11.8 Å². The normalized spacial score (nSPS) is 16.9. The fourth-order valence-electron chi connectivity index (χ4n) is 1.90. The van der Waals surface area contributed by atoms with Gasteiger partial charge < -0.3 is 14.9 Å². The summed E-state index contributed by atoms with van der Waals surface area (Å²) < 4.78 is 7.27. The van der Waals surface area contributed by atoms with Gasteiger partial charge in [-0.25, -0.2) is 0 Å². The fourth-order valence-corrected chi connectivity index (χ4v) is 2.80. The van der Waals surface area contributed by atoms with Crippen LogP contribution in [0.15, 0.2) is 41.4 Å². The van der Waals surface area contributed by atoms with E-state index in [1.165, 1.54) is 11.1 Å². The molecule has 1 atom stereocenters. The minimum Gasteiger partial charge on any atom is -0.440 e. The molecule has 19 heavy (non-hydrogen) atoms. The van der Waals surface area contributed by atoms with E-state index in [4.69, 9.17) is 4.74 Å². The van der Waals surface area contributed by atoms with Gasteiger partial charge in [0.25, 0.3) is 0 Å². The molecule has 2 heterocycles. The predicted molar refractivity (Wildman–Crippen MR) is 70.5 cm³/mol. The van der Waals surface area contributed by atoms with Crippen molar-refractivity contribution in [3.63, 3.8) is 0 Å². The Morgan fingerprint density at radius 1 is 1.47 bits per heavy atom. The summed E-state index contributed by atoms with van der Waals surface area (Å²) >= 11 is 1.70. The smallest absolute Gasteiger partial charge is 0.414 e. The van der Waals surface area contributed by atoms with E-state index in [2.05, 4.69) is 4.98 Å². The molecule has 7 heteroatoms. The maximum Gasteiger partial charge on any atom is 0.414 e. The monoisotopic (exact) mass is 277 g/mol. The summed E-state index contributed by atoms with van der Waals surface area (Å²) in [6.45, 7) is 0.607. The van der Waals surface area contributed by atoms with Gasteiger partial charge in [-0.3, -0.25) is 4.57 Å². The number of thioether (sulfide) groups is 1. The maximum absolute atomic E-state index is 10.6. The molecule has 1 aromatic carbocycles. The molecule has 0 spiro atoms. The summed E-state index contributed by atoms with van der Waals surface area (Å²) in [4.78, 5) is 15.1. The second-order valence-corrected chi connectivity index (χ2v) is 5.25. The summed E-state index contributed by atoms with van der Waals surface area (Å²) in [6, 6.07) is 10.4. The third kappa shape index (κ3) is 2.55. The zero-order chi connectivity index (χ0) is 13.2. The van der Waals surface area contributed by atoms with Crippen LogP contribution in [-0.2, 0) is 6.54 Å². The van der Waals surface area contributed by atoms with Crippen molar-refractivity contribution in [1.82, 2.24) is 9.55 Å². The van der Waals surface area contributed by atoms with Crippen LogP contribution in [0.4, 0.5) is 5.82 Å². The number of ether oxygens (including phenoxy) is 1. The zero-order valence-corrected chi connectivity index (χ0v) is 10.7. The van der Waals surface area contributed by atoms with Crippen molar-refractivity contribution in [2.75, 3.05) is 5.75 Å². The van der Waals surface area contributed by atoms with E-state index in [0.717, 1.165) is 5.75 Å². The van der Waals surface area contributed by atoms with Crippen LogP contribution < -0.4 is 4.74 Å². The molecule has 0 radical (unpaired) electrons. The number of imidazole rings is 1. The molecule has 1 unspecified atom stereocenters. The van der Waals surface area contributed by atoms with Crippen molar-refractivity contribution in [3.8, 4) is 6.01 Å². The molecule has 6 nitrogen and oxygen atoms in total. The summed E-state index contributed by atoms with van der Waals surface area (Å²) in [5.41, 5.74) is 0. The summed E-state index contributed by atoms with van der Waals surface area (Å²) in [5, 5.41) is 10.6. The van der Waals surface area contributed by atoms with E-state index in [1.807, 2.05) is 30.3 Å². The molecule has 0 aliphatic carbocycles. The van der Waals surface area contributed by atoms with Crippen LogP contribution in [0.25, 0.3) is 0 Å². The third-order valence-corrected chi connectivity index (χ3v) is 3.91. The lowest BCUT2D eigenvalue weighted by Gasteiger charge is -2.07. The highest BCUT2D eigenvalue weighted by Gasteiger charge is 2.30. The van der Waals surface area contributed by atoms with E-state index < -0.39 is 4.92 Å². The molecular weight excluding hydrogens is 266 g/mol. The number of nitrogens with zero attached hydrogens (tertiary/aromatic N) is 3. The maximum atomic E-state index is 10.6. The van der Waals surface area contributed by atoms with Crippen molar-refractivity contribution >= 4 is 17.6 Å². The number of fused-ring (bicyclic) bond motifs is 1. The van der Waals surface area contributed by atoms with Crippen LogP contribution >= 0.6 is 11.8 Å². The van der Waals surface area contributed by atoms with Crippen LogP contribution in [0.2, 0.25) is 0 Å². The van der Waals surface area contributed by atoms with Crippen LogP contribution in [0.3, 0.4) is 0 Å². The highest BCUT2D eigenvalue weighted by atomic mass is 32.2. The lowest BCUT2D eigenvalue weighted by Crippen LogP contribution is -2.17. The van der Waals surface area contributed by atoms with Crippen molar-refractivity contribution in [1.29, 1.82) is 0 Å². The van der Waals surface area contributed by atoms with Crippen LogP contribution in [0, 0.1) is 10.1 Å². The molecule has 3 rings (SSSR count). The van der Waals surface area contributed by atoms with Gasteiger partial charge in [-0.15, -0.1) is 11.8 Å². The van der Waals surface area contributed by atoms with E-state index >= 15 is 0 Å². The van der Waals surface area contributed by atoms with Crippen molar-refractivity contribution in [3.05, 3.63) is 46.6 Å². The molecule has 1 aliphatic rings. The lowest BCUT2D eigenvalue weighted by atomic mass is 10.4. The van der Waals surface area contributed by atoms with Gasteiger partial charge in [0.1, 0.15) is 12.3 Å². The van der Waals surface area contributed by atoms with Crippen molar-refractivity contribution in [2.24, 2.45) is 0 Å². The van der Waals surface area contributed by atoms with Gasteiger partial charge in [0, 0.05) is 15.6 Å². The fraction of sp³-hybridized carbons (Fsp3) is 0.250. The Morgan fingerprint density at radius 2 is 2.26 bits per heavy atom. The Morgan fingerprint density at radius 3 is 2.95 bits per heavy atom. The van der Waals surface area contributed by atoms with Gasteiger partial charge in [-0.2, -0.15) is 0 Å². The second-order valence-electron chi connectivity index (χ2n) is 4.16.